The lowest BCUT2D eigenvalue weighted by Crippen LogP contribution is -2.09. The van der Waals surface area contributed by atoms with Crippen molar-refractivity contribution < 1.29 is 22.3 Å². The van der Waals surface area contributed by atoms with Gasteiger partial charge >= 0.3 is 6.18 Å². The highest BCUT2D eigenvalue weighted by Crippen LogP contribution is 2.42. The van der Waals surface area contributed by atoms with E-state index in [0.717, 1.165) is 0 Å². The first kappa shape index (κ1) is 11.6. The summed E-state index contributed by atoms with van der Waals surface area (Å²) in [6, 6.07) is 7.13. The van der Waals surface area contributed by atoms with Crippen molar-refractivity contribution in [2.45, 2.75) is 6.18 Å². The minimum Gasteiger partial charge on any atom is -0.496 e. The SMILES string of the molecule is COc1cccc(-c2ccco2)c1C(F)(F)F. The second-order valence-corrected chi connectivity index (χ2v) is 3.36. The number of ether oxygens (including phenoxy) is 1. The first-order chi connectivity index (χ1) is 8.04. The van der Waals surface area contributed by atoms with Crippen LogP contribution in [0.3, 0.4) is 0 Å². The van der Waals surface area contributed by atoms with Gasteiger partial charge in [-0.05, 0) is 18.2 Å². The molecular formula is C12H9F3O2. The summed E-state index contributed by atoms with van der Waals surface area (Å²) in [7, 11) is 1.20. The molecule has 2 aromatic rings. The molecule has 0 aliphatic rings. The molecule has 0 N–H and O–H groups in total. The number of hydrogen-bond donors (Lipinski definition) is 0. The molecule has 0 fully saturated rings. The highest BCUT2D eigenvalue weighted by Gasteiger charge is 2.37. The number of hydrogen-bond acceptors (Lipinski definition) is 2. The number of furan rings is 1. The molecule has 0 spiro atoms. The van der Waals surface area contributed by atoms with Gasteiger partial charge in [0.1, 0.15) is 17.1 Å². The Morgan fingerprint density at radius 3 is 2.41 bits per heavy atom. The van der Waals surface area contributed by atoms with Gasteiger partial charge in [0.25, 0.3) is 0 Å². The number of halogens is 3. The van der Waals surface area contributed by atoms with Crippen LogP contribution in [-0.2, 0) is 6.18 Å². The molecule has 0 atom stereocenters. The molecule has 0 aliphatic carbocycles. The molecule has 0 saturated carbocycles. The summed E-state index contributed by atoms with van der Waals surface area (Å²) in [6.07, 6.45) is -3.16. The van der Waals surface area contributed by atoms with Gasteiger partial charge in [0.05, 0.1) is 13.4 Å². The Morgan fingerprint density at radius 2 is 1.88 bits per heavy atom. The van der Waals surface area contributed by atoms with Crippen LogP contribution in [0.4, 0.5) is 13.2 Å². The summed E-state index contributed by atoms with van der Waals surface area (Å²) >= 11 is 0. The molecule has 0 aliphatic heterocycles. The Kier molecular flexibility index (Phi) is 2.83. The minimum absolute atomic E-state index is 0.0261. The molecule has 0 bridgehead atoms. The van der Waals surface area contributed by atoms with E-state index < -0.39 is 11.7 Å². The molecule has 17 heavy (non-hydrogen) atoms. The quantitative estimate of drug-likeness (QED) is 0.794. The summed E-state index contributed by atoms with van der Waals surface area (Å²) in [5.74, 6) is -0.0531. The van der Waals surface area contributed by atoms with E-state index in [1.165, 1.54) is 43.7 Å². The van der Waals surface area contributed by atoms with Crippen molar-refractivity contribution in [1.82, 2.24) is 0 Å². The summed E-state index contributed by atoms with van der Waals surface area (Å²) in [4.78, 5) is 0. The summed E-state index contributed by atoms with van der Waals surface area (Å²) in [5, 5.41) is 0. The van der Waals surface area contributed by atoms with E-state index in [0.29, 0.717) is 0 Å². The Bertz CT molecular complexity index is 501. The van der Waals surface area contributed by atoms with E-state index in [1.54, 1.807) is 0 Å². The van der Waals surface area contributed by atoms with E-state index in [4.69, 9.17) is 9.15 Å². The maximum atomic E-state index is 13.0. The fourth-order valence-electron chi connectivity index (χ4n) is 1.63. The molecule has 0 unspecified atom stereocenters. The van der Waals surface area contributed by atoms with E-state index in [9.17, 15) is 13.2 Å². The summed E-state index contributed by atoms with van der Waals surface area (Å²) in [5.41, 5.74) is -0.848. The van der Waals surface area contributed by atoms with Gasteiger partial charge in [0.2, 0.25) is 0 Å². The summed E-state index contributed by atoms with van der Waals surface area (Å²) in [6.45, 7) is 0. The molecule has 90 valence electrons. The lowest BCUT2D eigenvalue weighted by atomic mass is 10.0. The van der Waals surface area contributed by atoms with Crippen molar-refractivity contribution in [2.75, 3.05) is 7.11 Å². The third-order valence-electron chi connectivity index (χ3n) is 2.32. The monoisotopic (exact) mass is 242 g/mol. The first-order valence-corrected chi connectivity index (χ1v) is 4.82. The van der Waals surface area contributed by atoms with Crippen LogP contribution >= 0.6 is 0 Å². The maximum absolute atomic E-state index is 13.0. The Labute approximate surface area is 95.6 Å². The van der Waals surface area contributed by atoms with Gasteiger partial charge < -0.3 is 9.15 Å². The average molecular weight is 242 g/mol. The molecule has 0 amide bonds. The average Bonchev–Trinajstić information content (AvgIpc) is 2.80. The number of benzene rings is 1. The van der Waals surface area contributed by atoms with Gasteiger partial charge in [-0.25, -0.2) is 0 Å². The molecule has 5 heteroatoms. The normalized spacial score (nSPS) is 11.5. The van der Waals surface area contributed by atoms with E-state index in [2.05, 4.69) is 0 Å². The lowest BCUT2D eigenvalue weighted by molar-refractivity contribution is -0.138. The fraction of sp³-hybridized carbons (Fsp3) is 0.167. The van der Waals surface area contributed by atoms with Crippen LogP contribution in [0, 0.1) is 0 Å². The Balaban J connectivity index is 2.68. The number of alkyl halides is 3. The maximum Gasteiger partial charge on any atom is 0.420 e. The van der Waals surface area contributed by atoms with Crippen molar-refractivity contribution in [1.29, 1.82) is 0 Å². The predicted molar refractivity (Wildman–Crippen MR) is 55.7 cm³/mol. The van der Waals surface area contributed by atoms with Gasteiger partial charge in [-0.15, -0.1) is 0 Å². The van der Waals surface area contributed by atoms with Crippen molar-refractivity contribution in [3.8, 4) is 17.1 Å². The van der Waals surface area contributed by atoms with Gasteiger partial charge in [-0.2, -0.15) is 13.2 Å². The molecule has 1 aromatic carbocycles. The summed E-state index contributed by atoms with van der Waals surface area (Å²) < 4.78 is 48.6. The van der Waals surface area contributed by atoms with E-state index in [1.807, 2.05) is 0 Å². The van der Waals surface area contributed by atoms with Crippen LogP contribution < -0.4 is 4.74 Å². The van der Waals surface area contributed by atoms with E-state index in [-0.39, 0.29) is 17.1 Å². The molecule has 2 nitrogen and oxygen atoms in total. The van der Waals surface area contributed by atoms with Crippen LogP contribution in [0.5, 0.6) is 5.75 Å². The van der Waals surface area contributed by atoms with E-state index >= 15 is 0 Å². The topological polar surface area (TPSA) is 22.4 Å². The highest BCUT2D eigenvalue weighted by molar-refractivity contribution is 5.66. The molecule has 0 saturated heterocycles. The van der Waals surface area contributed by atoms with Crippen LogP contribution in [0.15, 0.2) is 41.0 Å². The highest BCUT2D eigenvalue weighted by atomic mass is 19.4. The van der Waals surface area contributed by atoms with Crippen LogP contribution in [0.2, 0.25) is 0 Å². The second-order valence-electron chi connectivity index (χ2n) is 3.36. The first-order valence-electron chi connectivity index (χ1n) is 4.82. The zero-order valence-corrected chi connectivity index (χ0v) is 8.91. The molecule has 1 heterocycles. The largest absolute Gasteiger partial charge is 0.496 e. The van der Waals surface area contributed by atoms with Crippen LogP contribution in [0.1, 0.15) is 5.56 Å². The van der Waals surface area contributed by atoms with Crippen molar-refractivity contribution in [3.63, 3.8) is 0 Å². The second kappa shape index (κ2) is 4.16. The van der Waals surface area contributed by atoms with Gasteiger partial charge in [0, 0.05) is 5.56 Å². The smallest absolute Gasteiger partial charge is 0.420 e. The molecule has 0 radical (unpaired) electrons. The molecule has 2 rings (SSSR count). The Morgan fingerprint density at radius 1 is 1.12 bits per heavy atom. The van der Waals surface area contributed by atoms with Gasteiger partial charge in [0.15, 0.2) is 0 Å². The fourth-order valence-corrected chi connectivity index (χ4v) is 1.63. The van der Waals surface area contributed by atoms with Crippen molar-refractivity contribution in [3.05, 3.63) is 42.2 Å². The van der Waals surface area contributed by atoms with Crippen LogP contribution in [-0.4, -0.2) is 7.11 Å². The standard InChI is InChI=1S/C12H9F3O2/c1-16-10-5-2-4-8(9-6-3-7-17-9)11(10)12(13,14)15/h2-7H,1H3. The third-order valence-corrected chi connectivity index (χ3v) is 2.32. The van der Waals surface area contributed by atoms with Crippen LogP contribution in [0.25, 0.3) is 11.3 Å². The zero-order valence-electron chi connectivity index (χ0n) is 8.91. The Hall–Kier alpha value is -1.91. The minimum atomic E-state index is -4.49. The third kappa shape index (κ3) is 2.13. The van der Waals surface area contributed by atoms with Crippen molar-refractivity contribution in [2.24, 2.45) is 0 Å². The number of methoxy groups -OCH3 is 1. The molecule has 1 aromatic heterocycles. The number of rotatable bonds is 2. The van der Waals surface area contributed by atoms with Gasteiger partial charge in [-0.3, -0.25) is 0 Å². The van der Waals surface area contributed by atoms with Gasteiger partial charge in [-0.1, -0.05) is 12.1 Å². The predicted octanol–water partition coefficient (Wildman–Crippen LogP) is 3.97. The van der Waals surface area contributed by atoms with Crippen molar-refractivity contribution >= 4 is 0 Å². The zero-order chi connectivity index (χ0) is 12.5. The lowest BCUT2D eigenvalue weighted by Gasteiger charge is -2.15. The molecular weight excluding hydrogens is 233 g/mol.